The second-order valence-electron chi connectivity index (χ2n) is 4.60. The van der Waals surface area contributed by atoms with E-state index in [1.807, 2.05) is 38.1 Å². The predicted molar refractivity (Wildman–Crippen MR) is 71.0 cm³/mol. The van der Waals surface area contributed by atoms with Gasteiger partial charge in [-0.3, -0.25) is 4.98 Å². The van der Waals surface area contributed by atoms with Gasteiger partial charge in [0.05, 0.1) is 11.1 Å². The van der Waals surface area contributed by atoms with Gasteiger partial charge >= 0.3 is 0 Å². The molecular formula is C15H19NO. The third kappa shape index (κ3) is 2.64. The Bertz CT molecular complexity index is 503. The molecule has 2 rings (SSSR count). The van der Waals surface area contributed by atoms with Gasteiger partial charge in [-0.2, -0.15) is 0 Å². The number of nitrogens with zero attached hydrogens (tertiary/aromatic N) is 1. The van der Waals surface area contributed by atoms with E-state index in [1.54, 1.807) is 0 Å². The topological polar surface area (TPSA) is 33.1 Å². The highest BCUT2D eigenvalue weighted by Gasteiger charge is 2.23. The molecule has 0 fully saturated rings. The summed E-state index contributed by atoms with van der Waals surface area (Å²) in [5.74, 6) is 0. The van der Waals surface area contributed by atoms with Crippen molar-refractivity contribution in [2.75, 3.05) is 0 Å². The lowest BCUT2D eigenvalue weighted by molar-refractivity contribution is 0.0318. The van der Waals surface area contributed by atoms with Gasteiger partial charge in [0.25, 0.3) is 0 Å². The average molecular weight is 229 g/mol. The fourth-order valence-electron chi connectivity index (χ4n) is 2.04. The summed E-state index contributed by atoms with van der Waals surface area (Å²) in [7, 11) is 0. The number of rotatable bonds is 4. The molecule has 0 aliphatic rings. The number of aromatic nitrogens is 1. The quantitative estimate of drug-likeness (QED) is 0.872. The fourth-order valence-corrected chi connectivity index (χ4v) is 2.04. The zero-order valence-corrected chi connectivity index (χ0v) is 10.5. The van der Waals surface area contributed by atoms with Crippen molar-refractivity contribution in [3.8, 4) is 0 Å². The van der Waals surface area contributed by atoms with E-state index in [1.165, 1.54) is 0 Å². The number of benzene rings is 1. The average Bonchev–Trinajstić information content (AvgIpc) is 2.38. The van der Waals surface area contributed by atoms with Gasteiger partial charge in [0, 0.05) is 17.5 Å². The van der Waals surface area contributed by atoms with Crippen LogP contribution in [0, 0.1) is 0 Å². The standard InChI is InChI=1S/C15H19NO/c1-3-15(17,4-2)11-13-10-9-12-7-5-6-8-14(12)16-13/h5-10,17H,3-4,11H2,1-2H3. The van der Waals surface area contributed by atoms with Crippen LogP contribution in [0.2, 0.25) is 0 Å². The minimum absolute atomic E-state index is 0.616. The van der Waals surface area contributed by atoms with Crippen LogP contribution in [0.3, 0.4) is 0 Å². The second-order valence-corrected chi connectivity index (χ2v) is 4.60. The number of para-hydroxylation sites is 1. The predicted octanol–water partition coefficient (Wildman–Crippen LogP) is 3.33. The van der Waals surface area contributed by atoms with Crippen LogP contribution in [0.4, 0.5) is 0 Å². The molecule has 1 aromatic carbocycles. The third-order valence-corrected chi connectivity index (χ3v) is 3.48. The number of hydrogen-bond donors (Lipinski definition) is 1. The second kappa shape index (κ2) is 4.84. The van der Waals surface area contributed by atoms with E-state index in [0.29, 0.717) is 6.42 Å². The Labute approximate surface area is 102 Å². The highest BCUT2D eigenvalue weighted by Crippen LogP contribution is 2.21. The van der Waals surface area contributed by atoms with Crippen molar-refractivity contribution in [2.24, 2.45) is 0 Å². The first kappa shape index (κ1) is 12.1. The molecule has 0 amide bonds. The van der Waals surface area contributed by atoms with E-state index >= 15 is 0 Å². The van der Waals surface area contributed by atoms with Gasteiger partial charge in [-0.1, -0.05) is 38.1 Å². The van der Waals surface area contributed by atoms with E-state index in [9.17, 15) is 5.11 Å². The zero-order valence-electron chi connectivity index (χ0n) is 10.5. The molecule has 2 heteroatoms. The first-order valence-corrected chi connectivity index (χ1v) is 6.24. The first-order chi connectivity index (χ1) is 8.17. The first-order valence-electron chi connectivity index (χ1n) is 6.24. The molecule has 2 nitrogen and oxygen atoms in total. The maximum absolute atomic E-state index is 10.3. The van der Waals surface area contributed by atoms with Gasteiger partial charge in [-0.15, -0.1) is 0 Å². The summed E-state index contributed by atoms with van der Waals surface area (Å²) in [6.45, 7) is 4.04. The lowest BCUT2D eigenvalue weighted by Gasteiger charge is -2.24. The van der Waals surface area contributed by atoms with Gasteiger partial charge in [-0.25, -0.2) is 0 Å². The molecule has 17 heavy (non-hydrogen) atoms. The van der Waals surface area contributed by atoms with E-state index in [-0.39, 0.29) is 0 Å². The lowest BCUT2D eigenvalue weighted by atomic mass is 9.91. The summed E-state index contributed by atoms with van der Waals surface area (Å²) < 4.78 is 0. The highest BCUT2D eigenvalue weighted by molar-refractivity contribution is 5.78. The Kier molecular flexibility index (Phi) is 3.43. The SMILES string of the molecule is CCC(O)(CC)Cc1ccc2ccccc2n1. The van der Waals surface area contributed by atoms with E-state index in [0.717, 1.165) is 29.4 Å². The van der Waals surface area contributed by atoms with Crippen LogP contribution >= 0.6 is 0 Å². The van der Waals surface area contributed by atoms with Crippen molar-refractivity contribution in [1.29, 1.82) is 0 Å². The van der Waals surface area contributed by atoms with Crippen molar-refractivity contribution in [1.82, 2.24) is 4.98 Å². The lowest BCUT2D eigenvalue weighted by Crippen LogP contribution is -2.29. The fraction of sp³-hybridized carbons (Fsp3) is 0.400. The Morgan fingerprint density at radius 1 is 1.06 bits per heavy atom. The van der Waals surface area contributed by atoms with Crippen molar-refractivity contribution in [3.05, 3.63) is 42.1 Å². The van der Waals surface area contributed by atoms with E-state index in [2.05, 4.69) is 17.1 Å². The van der Waals surface area contributed by atoms with Crippen LogP contribution in [0.5, 0.6) is 0 Å². The van der Waals surface area contributed by atoms with Crippen LogP contribution in [0.15, 0.2) is 36.4 Å². The highest BCUT2D eigenvalue weighted by atomic mass is 16.3. The van der Waals surface area contributed by atoms with Gasteiger partial charge < -0.3 is 5.11 Å². The molecule has 0 spiro atoms. The van der Waals surface area contributed by atoms with Crippen molar-refractivity contribution >= 4 is 10.9 Å². The summed E-state index contributed by atoms with van der Waals surface area (Å²) in [6.07, 6.45) is 2.15. The van der Waals surface area contributed by atoms with Crippen LogP contribution in [0.25, 0.3) is 10.9 Å². The molecule has 0 unspecified atom stereocenters. The summed E-state index contributed by atoms with van der Waals surface area (Å²) in [6, 6.07) is 12.2. The van der Waals surface area contributed by atoms with Crippen molar-refractivity contribution in [3.63, 3.8) is 0 Å². The Morgan fingerprint density at radius 2 is 1.76 bits per heavy atom. The van der Waals surface area contributed by atoms with Gasteiger partial charge in [0.2, 0.25) is 0 Å². The summed E-state index contributed by atoms with van der Waals surface area (Å²) in [5.41, 5.74) is 1.35. The molecule has 2 aromatic rings. The van der Waals surface area contributed by atoms with Crippen LogP contribution in [-0.2, 0) is 6.42 Å². The molecule has 90 valence electrons. The molecule has 0 atom stereocenters. The van der Waals surface area contributed by atoms with Crippen LogP contribution in [0.1, 0.15) is 32.4 Å². The normalized spacial score (nSPS) is 11.9. The molecule has 0 saturated heterocycles. The van der Waals surface area contributed by atoms with Crippen molar-refractivity contribution < 1.29 is 5.11 Å². The Morgan fingerprint density at radius 3 is 2.47 bits per heavy atom. The monoisotopic (exact) mass is 229 g/mol. The van der Waals surface area contributed by atoms with Crippen LogP contribution in [-0.4, -0.2) is 15.7 Å². The minimum Gasteiger partial charge on any atom is -0.390 e. The summed E-state index contributed by atoms with van der Waals surface area (Å²) in [4.78, 5) is 4.60. The number of aliphatic hydroxyl groups is 1. The van der Waals surface area contributed by atoms with Crippen LogP contribution < -0.4 is 0 Å². The molecule has 1 N–H and O–H groups in total. The maximum Gasteiger partial charge on any atom is 0.0705 e. The molecule has 1 heterocycles. The maximum atomic E-state index is 10.3. The zero-order chi connectivity index (χ0) is 12.3. The van der Waals surface area contributed by atoms with Gasteiger partial charge in [-0.05, 0) is 25.0 Å². The molecule has 0 radical (unpaired) electrons. The third-order valence-electron chi connectivity index (χ3n) is 3.48. The minimum atomic E-state index is -0.616. The molecule has 0 aliphatic heterocycles. The molecule has 1 aromatic heterocycles. The number of hydrogen-bond acceptors (Lipinski definition) is 2. The molecule has 0 bridgehead atoms. The smallest absolute Gasteiger partial charge is 0.0705 e. The molecule has 0 saturated carbocycles. The van der Waals surface area contributed by atoms with E-state index in [4.69, 9.17) is 0 Å². The summed E-state index contributed by atoms with van der Waals surface area (Å²) in [5, 5.41) is 11.5. The number of fused-ring (bicyclic) bond motifs is 1. The molecular weight excluding hydrogens is 210 g/mol. The Hall–Kier alpha value is -1.41. The summed E-state index contributed by atoms with van der Waals surface area (Å²) >= 11 is 0. The van der Waals surface area contributed by atoms with E-state index < -0.39 is 5.60 Å². The molecule has 0 aliphatic carbocycles. The van der Waals surface area contributed by atoms with Gasteiger partial charge in [0.1, 0.15) is 0 Å². The number of pyridine rings is 1. The largest absolute Gasteiger partial charge is 0.390 e. The van der Waals surface area contributed by atoms with Gasteiger partial charge in [0.15, 0.2) is 0 Å². The Balaban J connectivity index is 2.31. The van der Waals surface area contributed by atoms with Crippen molar-refractivity contribution in [2.45, 2.75) is 38.7 Å².